The van der Waals surface area contributed by atoms with E-state index in [1.165, 1.54) is 0 Å². The number of amides is 2. The molecule has 0 radical (unpaired) electrons. The highest BCUT2D eigenvalue weighted by molar-refractivity contribution is 6.31. The number of carbonyl (C=O) groups excluding carboxylic acids is 2. The van der Waals surface area contributed by atoms with Crippen LogP contribution in [0.3, 0.4) is 0 Å². The lowest BCUT2D eigenvalue weighted by Crippen LogP contribution is -2.62. The van der Waals surface area contributed by atoms with Crippen LogP contribution in [0.5, 0.6) is 0 Å². The van der Waals surface area contributed by atoms with Gasteiger partial charge >= 0.3 is 0 Å². The topological polar surface area (TPSA) is 49.4 Å². The lowest BCUT2D eigenvalue weighted by atomic mass is 9.58. The van der Waals surface area contributed by atoms with E-state index in [1.54, 1.807) is 24.1 Å². The monoisotopic (exact) mass is 442 g/mol. The Morgan fingerprint density at radius 2 is 1.93 bits per heavy atom. The van der Waals surface area contributed by atoms with E-state index in [9.17, 15) is 9.59 Å². The first-order chi connectivity index (χ1) is 14.3. The van der Waals surface area contributed by atoms with Gasteiger partial charge in [0.25, 0.3) is 0 Å². The van der Waals surface area contributed by atoms with Gasteiger partial charge in [-0.15, -0.1) is 0 Å². The summed E-state index contributed by atoms with van der Waals surface area (Å²) in [5.74, 6) is -0.450. The first-order valence-corrected chi connectivity index (χ1v) is 10.9. The number of piperidine rings is 1. The quantitative estimate of drug-likeness (QED) is 0.632. The summed E-state index contributed by atoms with van der Waals surface area (Å²) in [5.41, 5.74) is 2.55. The average molecular weight is 443 g/mol. The minimum atomic E-state index is -0.967. The molecule has 0 unspecified atom stereocenters. The van der Waals surface area contributed by atoms with Crippen LogP contribution in [0.2, 0.25) is 10.0 Å². The molecule has 0 saturated carbocycles. The zero-order chi connectivity index (χ0) is 21.6. The Labute approximate surface area is 186 Å². The molecule has 2 heterocycles. The molecule has 1 N–H and O–H groups in total. The summed E-state index contributed by atoms with van der Waals surface area (Å²) in [6.07, 6.45) is 2.99. The van der Waals surface area contributed by atoms with Crippen molar-refractivity contribution in [3.05, 3.63) is 75.3 Å². The fourth-order valence-corrected chi connectivity index (χ4v) is 5.64. The van der Waals surface area contributed by atoms with Crippen LogP contribution in [0.1, 0.15) is 43.7 Å². The van der Waals surface area contributed by atoms with Crippen molar-refractivity contribution in [3.8, 4) is 0 Å². The van der Waals surface area contributed by atoms with E-state index < -0.39 is 11.5 Å². The third-order valence-corrected chi connectivity index (χ3v) is 7.04. The van der Waals surface area contributed by atoms with Gasteiger partial charge in [-0.25, -0.2) is 0 Å². The molecule has 2 aliphatic heterocycles. The largest absolute Gasteiger partial charge is 0.338 e. The van der Waals surface area contributed by atoms with Crippen molar-refractivity contribution < 1.29 is 9.59 Å². The summed E-state index contributed by atoms with van der Waals surface area (Å²) in [6, 6.07) is 12.6. The van der Waals surface area contributed by atoms with Gasteiger partial charge in [-0.2, -0.15) is 0 Å². The molecule has 4 rings (SSSR count). The number of benzene rings is 2. The summed E-state index contributed by atoms with van der Waals surface area (Å²) < 4.78 is 0. The Morgan fingerprint density at radius 1 is 1.20 bits per heavy atom. The first kappa shape index (κ1) is 21.0. The molecule has 3 atom stereocenters. The van der Waals surface area contributed by atoms with E-state index in [-0.39, 0.29) is 24.2 Å². The van der Waals surface area contributed by atoms with E-state index in [4.69, 9.17) is 23.2 Å². The number of nitrogens with zero attached hydrogens (tertiary/aromatic N) is 1. The molecule has 156 valence electrons. The number of nitrogens with one attached hydrogen (secondary N) is 1. The molecule has 1 saturated heterocycles. The lowest BCUT2D eigenvalue weighted by molar-refractivity contribution is -0.141. The van der Waals surface area contributed by atoms with Crippen molar-refractivity contribution in [1.82, 2.24) is 4.90 Å². The number of likely N-dealkylation sites (N-methyl/N-ethyl adjacent to an activating group) is 1. The van der Waals surface area contributed by atoms with Gasteiger partial charge in [-0.05, 0) is 48.7 Å². The standard InChI is InChI=1S/C24H24Cl2N2O2/c1-4-14(5-2)22-24(18-10-9-17(26)12-20(18)27-23(24)30)19(13-21(29)28(22)3)15-7-6-8-16(25)11-15/h4,6-12,19,22H,5,13H2,1-3H3,(H,27,30)/b14-4-/t19-,22+,24-/m0/s1. The molecule has 6 heteroatoms. The van der Waals surface area contributed by atoms with Gasteiger partial charge in [0.1, 0.15) is 5.41 Å². The van der Waals surface area contributed by atoms with E-state index in [0.29, 0.717) is 15.7 Å². The predicted molar refractivity (Wildman–Crippen MR) is 121 cm³/mol. The highest BCUT2D eigenvalue weighted by Gasteiger charge is 2.62. The van der Waals surface area contributed by atoms with Crippen LogP contribution in [0.15, 0.2) is 54.1 Å². The number of hydrogen-bond acceptors (Lipinski definition) is 2. The van der Waals surface area contributed by atoms with Crippen LogP contribution in [0.25, 0.3) is 0 Å². The number of rotatable bonds is 3. The third kappa shape index (κ3) is 2.97. The summed E-state index contributed by atoms with van der Waals surface area (Å²) in [5, 5.41) is 4.20. The second-order valence-corrected chi connectivity index (χ2v) is 8.82. The maximum absolute atomic E-state index is 13.8. The number of halogens is 2. The van der Waals surface area contributed by atoms with Gasteiger partial charge in [-0.1, -0.05) is 60.0 Å². The highest BCUT2D eigenvalue weighted by Crippen LogP contribution is 2.56. The maximum Gasteiger partial charge on any atom is 0.238 e. The summed E-state index contributed by atoms with van der Waals surface area (Å²) in [7, 11) is 1.79. The number of carbonyl (C=O) groups is 2. The lowest BCUT2D eigenvalue weighted by Gasteiger charge is -2.51. The molecular formula is C24H24Cl2N2O2. The minimum Gasteiger partial charge on any atom is -0.338 e. The molecule has 30 heavy (non-hydrogen) atoms. The van der Waals surface area contributed by atoms with Gasteiger partial charge < -0.3 is 10.2 Å². The minimum absolute atomic E-state index is 0.0126. The molecule has 2 aromatic carbocycles. The number of hydrogen-bond donors (Lipinski definition) is 1. The Morgan fingerprint density at radius 3 is 2.60 bits per heavy atom. The van der Waals surface area contributed by atoms with E-state index in [1.807, 2.05) is 43.3 Å². The molecule has 0 bridgehead atoms. The van der Waals surface area contributed by atoms with E-state index >= 15 is 0 Å². The summed E-state index contributed by atoms with van der Waals surface area (Å²) in [4.78, 5) is 28.7. The van der Waals surface area contributed by atoms with Crippen molar-refractivity contribution in [3.63, 3.8) is 0 Å². The molecule has 2 aromatic rings. The average Bonchev–Trinajstić information content (AvgIpc) is 2.99. The smallest absolute Gasteiger partial charge is 0.238 e. The van der Waals surface area contributed by atoms with E-state index in [0.717, 1.165) is 23.1 Å². The van der Waals surface area contributed by atoms with Crippen LogP contribution >= 0.6 is 23.2 Å². The Balaban J connectivity index is 2.06. The summed E-state index contributed by atoms with van der Waals surface area (Å²) in [6.45, 7) is 4.02. The fourth-order valence-electron chi connectivity index (χ4n) is 5.27. The SMILES string of the molecule is C/C=C(/CC)[C@H]1N(C)C(=O)C[C@@H](c2cccc(Cl)c2)[C@]12C(=O)Nc1cc(Cl)ccc12. The van der Waals surface area contributed by atoms with Gasteiger partial charge in [-0.3, -0.25) is 9.59 Å². The second kappa shape index (κ2) is 7.75. The Hall–Kier alpha value is -2.30. The number of fused-ring (bicyclic) bond motifs is 2. The van der Waals surface area contributed by atoms with Crippen molar-refractivity contribution in [2.24, 2.45) is 0 Å². The zero-order valence-electron chi connectivity index (χ0n) is 17.2. The van der Waals surface area contributed by atoms with Crippen molar-refractivity contribution in [2.75, 3.05) is 12.4 Å². The van der Waals surface area contributed by atoms with Gasteiger partial charge in [0, 0.05) is 35.1 Å². The third-order valence-electron chi connectivity index (χ3n) is 6.57. The van der Waals surface area contributed by atoms with Gasteiger partial charge in [0.2, 0.25) is 11.8 Å². The second-order valence-electron chi connectivity index (χ2n) is 7.95. The van der Waals surface area contributed by atoms with Crippen LogP contribution in [-0.4, -0.2) is 29.8 Å². The van der Waals surface area contributed by atoms with Crippen LogP contribution in [0, 0.1) is 0 Å². The zero-order valence-corrected chi connectivity index (χ0v) is 18.7. The van der Waals surface area contributed by atoms with Crippen molar-refractivity contribution >= 4 is 40.7 Å². The fraction of sp³-hybridized carbons (Fsp3) is 0.333. The molecule has 1 spiro atoms. The molecule has 2 amide bonds. The van der Waals surface area contributed by atoms with Crippen LogP contribution < -0.4 is 5.32 Å². The maximum atomic E-state index is 13.8. The molecule has 0 aliphatic carbocycles. The van der Waals surface area contributed by atoms with Gasteiger partial charge in [0.15, 0.2) is 0 Å². The van der Waals surface area contributed by atoms with Crippen LogP contribution in [-0.2, 0) is 15.0 Å². The normalized spacial score (nSPS) is 26.2. The number of likely N-dealkylation sites (tertiary alicyclic amines) is 1. The first-order valence-electron chi connectivity index (χ1n) is 10.1. The van der Waals surface area contributed by atoms with Crippen LogP contribution in [0.4, 0.5) is 5.69 Å². The summed E-state index contributed by atoms with van der Waals surface area (Å²) >= 11 is 12.5. The highest BCUT2D eigenvalue weighted by atomic mass is 35.5. The predicted octanol–water partition coefficient (Wildman–Crippen LogP) is 5.55. The molecule has 1 fully saturated rings. The van der Waals surface area contributed by atoms with Crippen molar-refractivity contribution in [2.45, 2.75) is 44.1 Å². The molecule has 0 aromatic heterocycles. The Bertz CT molecular complexity index is 1060. The van der Waals surface area contributed by atoms with E-state index in [2.05, 4.69) is 12.2 Å². The number of allylic oxidation sites excluding steroid dienone is 1. The molecule has 2 aliphatic rings. The number of anilines is 1. The van der Waals surface area contributed by atoms with Gasteiger partial charge in [0.05, 0.1) is 6.04 Å². The van der Waals surface area contributed by atoms with Crippen molar-refractivity contribution in [1.29, 1.82) is 0 Å². The molecule has 4 nitrogen and oxygen atoms in total. The molecular weight excluding hydrogens is 419 g/mol. The Kier molecular flexibility index (Phi) is 5.41.